The van der Waals surface area contributed by atoms with Crippen LogP contribution in [0.1, 0.15) is 20.0 Å². The first-order valence-corrected chi connectivity index (χ1v) is 9.19. The van der Waals surface area contributed by atoms with Gasteiger partial charge in [0.05, 0.1) is 15.4 Å². The standard InChI is InChI=1S/C18H15ClN4O3S/c19-15-6-5-14(27-15)18(26)22-8-7-21-17(25)12-1-3-13(4-2-12)23-10-9-20-11-16(23)24/h1-6,9-11H,7-8H2,(H,21,25)(H,22,26). The summed E-state index contributed by atoms with van der Waals surface area (Å²) in [5.41, 5.74) is 0.843. The Labute approximate surface area is 163 Å². The van der Waals surface area contributed by atoms with Crippen molar-refractivity contribution in [2.75, 3.05) is 13.1 Å². The first-order chi connectivity index (χ1) is 13.0. The molecule has 0 aliphatic heterocycles. The molecule has 0 bridgehead atoms. The molecule has 9 heteroatoms. The highest BCUT2D eigenvalue weighted by Gasteiger charge is 2.09. The zero-order chi connectivity index (χ0) is 19.2. The molecular formula is C18H15ClN4O3S. The van der Waals surface area contributed by atoms with E-state index in [1.807, 2.05) is 0 Å². The maximum absolute atomic E-state index is 12.2. The van der Waals surface area contributed by atoms with Gasteiger partial charge in [-0.05, 0) is 36.4 Å². The monoisotopic (exact) mass is 402 g/mol. The van der Waals surface area contributed by atoms with E-state index in [9.17, 15) is 14.4 Å². The summed E-state index contributed by atoms with van der Waals surface area (Å²) >= 11 is 6.99. The minimum absolute atomic E-state index is 0.228. The van der Waals surface area contributed by atoms with Gasteiger partial charge in [-0.2, -0.15) is 0 Å². The predicted molar refractivity (Wildman–Crippen MR) is 104 cm³/mol. The first kappa shape index (κ1) is 18.8. The molecule has 0 saturated carbocycles. The molecule has 2 aromatic heterocycles. The molecule has 2 amide bonds. The third-order valence-electron chi connectivity index (χ3n) is 3.62. The molecule has 3 aromatic rings. The van der Waals surface area contributed by atoms with E-state index in [1.165, 1.54) is 28.3 Å². The summed E-state index contributed by atoms with van der Waals surface area (Å²) in [5, 5.41) is 5.44. The Morgan fingerprint density at radius 1 is 1.04 bits per heavy atom. The fourth-order valence-electron chi connectivity index (χ4n) is 2.31. The van der Waals surface area contributed by atoms with Crippen molar-refractivity contribution in [1.82, 2.24) is 20.2 Å². The lowest BCUT2D eigenvalue weighted by atomic mass is 10.2. The summed E-state index contributed by atoms with van der Waals surface area (Å²) < 4.78 is 1.98. The summed E-state index contributed by atoms with van der Waals surface area (Å²) in [7, 11) is 0. The lowest BCUT2D eigenvalue weighted by Gasteiger charge is -2.08. The van der Waals surface area contributed by atoms with Gasteiger partial charge in [-0.15, -0.1) is 11.3 Å². The number of hydrogen-bond acceptors (Lipinski definition) is 5. The second-order valence-corrected chi connectivity index (χ2v) is 7.16. The normalized spacial score (nSPS) is 10.4. The van der Waals surface area contributed by atoms with Gasteiger partial charge >= 0.3 is 0 Å². The molecule has 2 heterocycles. The minimum atomic E-state index is -0.267. The molecule has 0 aliphatic carbocycles. The topological polar surface area (TPSA) is 93.1 Å². The van der Waals surface area contributed by atoms with Gasteiger partial charge in [0.15, 0.2) is 0 Å². The Morgan fingerprint density at radius 3 is 2.37 bits per heavy atom. The van der Waals surface area contributed by atoms with Crippen LogP contribution in [0.3, 0.4) is 0 Å². The Morgan fingerprint density at radius 2 is 1.74 bits per heavy atom. The molecule has 3 rings (SSSR count). The molecule has 0 unspecified atom stereocenters. The number of carbonyl (C=O) groups is 2. The zero-order valence-corrected chi connectivity index (χ0v) is 15.6. The molecule has 138 valence electrons. The van der Waals surface area contributed by atoms with E-state index in [-0.39, 0.29) is 23.9 Å². The molecule has 27 heavy (non-hydrogen) atoms. The molecule has 0 aliphatic rings. The molecular weight excluding hydrogens is 388 g/mol. The lowest BCUT2D eigenvalue weighted by molar-refractivity contribution is 0.0929. The van der Waals surface area contributed by atoms with Gasteiger partial charge in [-0.1, -0.05) is 11.6 Å². The lowest BCUT2D eigenvalue weighted by Crippen LogP contribution is -2.34. The van der Waals surface area contributed by atoms with Crippen LogP contribution in [0.5, 0.6) is 0 Å². The fourth-order valence-corrected chi connectivity index (χ4v) is 3.27. The van der Waals surface area contributed by atoms with E-state index in [0.717, 1.165) is 0 Å². The third-order valence-corrected chi connectivity index (χ3v) is 4.85. The average molecular weight is 403 g/mol. The van der Waals surface area contributed by atoms with Crippen LogP contribution in [0.2, 0.25) is 4.34 Å². The Kier molecular flexibility index (Phi) is 6.00. The Bertz CT molecular complexity index is 1010. The van der Waals surface area contributed by atoms with Crippen molar-refractivity contribution in [1.29, 1.82) is 0 Å². The molecule has 0 radical (unpaired) electrons. The van der Waals surface area contributed by atoms with E-state index >= 15 is 0 Å². The molecule has 0 fully saturated rings. The number of nitrogens with zero attached hydrogens (tertiary/aromatic N) is 2. The number of benzene rings is 1. The number of amides is 2. The highest BCUT2D eigenvalue weighted by atomic mass is 35.5. The molecule has 2 N–H and O–H groups in total. The molecule has 0 saturated heterocycles. The van der Waals surface area contributed by atoms with Crippen molar-refractivity contribution in [2.45, 2.75) is 0 Å². The number of carbonyl (C=O) groups excluding carboxylic acids is 2. The van der Waals surface area contributed by atoms with Gasteiger partial charge in [0.2, 0.25) is 0 Å². The van der Waals surface area contributed by atoms with Crippen LogP contribution in [0.25, 0.3) is 5.69 Å². The number of aromatic nitrogens is 2. The third kappa shape index (κ3) is 4.81. The molecule has 0 spiro atoms. The fraction of sp³-hybridized carbons (Fsp3) is 0.111. The Hall–Kier alpha value is -2.97. The summed E-state index contributed by atoms with van der Waals surface area (Å²) in [6.07, 6.45) is 4.29. The van der Waals surface area contributed by atoms with Gasteiger partial charge in [0, 0.05) is 36.7 Å². The summed E-state index contributed by atoms with van der Waals surface area (Å²) in [6.45, 7) is 0.583. The van der Waals surface area contributed by atoms with Crippen LogP contribution < -0.4 is 16.2 Å². The summed E-state index contributed by atoms with van der Waals surface area (Å²) in [5.74, 6) is -0.495. The zero-order valence-electron chi connectivity index (χ0n) is 14.0. The molecule has 1 aromatic carbocycles. The van der Waals surface area contributed by atoms with E-state index in [0.29, 0.717) is 27.0 Å². The van der Waals surface area contributed by atoms with Crippen molar-refractivity contribution in [3.63, 3.8) is 0 Å². The average Bonchev–Trinajstić information content (AvgIpc) is 3.12. The van der Waals surface area contributed by atoms with Crippen molar-refractivity contribution in [3.8, 4) is 5.69 Å². The van der Waals surface area contributed by atoms with Gasteiger partial charge in [-0.3, -0.25) is 23.9 Å². The quantitative estimate of drug-likeness (QED) is 0.617. The minimum Gasteiger partial charge on any atom is -0.350 e. The van der Waals surface area contributed by atoms with Gasteiger partial charge in [0.1, 0.15) is 0 Å². The number of hydrogen-bond donors (Lipinski definition) is 2. The predicted octanol–water partition coefficient (Wildman–Crippen LogP) is 2.11. The highest BCUT2D eigenvalue weighted by Crippen LogP contribution is 2.20. The van der Waals surface area contributed by atoms with E-state index < -0.39 is 0 Å². The van der Waals surface area contributed by atoms with Crippen molar-refractivity contribution < 1.29 is 9.59 Å². The number of rotatable bonds is 6. The number of thiophene rings is 1. The van der Waals surface area contributed by atoms with Crippen LogP contribution in [0.4, 0.5) is 0 Å². The van der Waals surface area contributed by atoms with Gasteiger partial charge in [-0.25, -0.2) is 0 Å². The summed E-state index contributed by atoms with van der Waals surface area (Å²) in [4.78, 5) is 40.1. The maximum atomic E-state index is 12.2. The maximum Gasteiger partial charge on any atom is 0.273 e. The number of halogens is 1. The van der Waals surface area contributed by atoms with E-state index in [4.69, 9.17) is 11.6 Å². The summed E-state index contributed by atoms with van der Waals surface area (Å²) in [6, 6.07) is 9.92. The second-order valence-electron chi connectivity index (χ2n) is 5.45. The van der Waals surface area contributed by atoms with Crippen molar-refractivity contribution in [2.24, 2.45) is 0 Å². The SMILES string of the molecule is O=C(NCCNC(=O)c1ccc(Cl)s1)c1ccc(-n2ccncc2=O)cc1. The van der Waals surface area contributed by atoms with Crippen LogP contribution in [0.15, 0.2) is 59.8 Å². The van der Waals surface area contributed by atoms with E-state index in [1.54, 1.807) is 42.6 Å². The van der Waals surface area contributed by atoms with E-state index in [2.05, 4.69) is 15.6 Å². The second kappa shape index (κ2) is 8.61. The smallest absolute Gasteiger partial charge is 0.273 e. The largest absolute Gasteiger partial charge is 0.350 e. The highest BCUT2D eigenvalue weighted by molar-refractivity contribution is 7.17. The van der Waals surface area contributed by atoms with Crippen LogP contribution in [-0.2, 0) is 0 Å². The van der Waals surface area contributed by atoms with Gasteiger partial charge < -0.3 is 10.6 Å². The van der Waals surface area contributed by atoms with Crippen molar-refractivity contribution in [3.05, 3.63) is 80.1 Å². The van der Waals surface area contributed by atoms with Crippen LogP contribution in [0, 0.1) is 0 Å². The molecule has 7 nitrogen and oxygen atoms in total. The molecule has 0 atom stereocenters. The van der Waals surface area contributed by atoms with Gasteiger partial charge in [0.25, 0.3) is 17.4 Å². The number of nitrogens with one attached hydrogen (secondary N) is 2. The van der Waals surface area contributed by atoms with Crippen LogP contribution >= 0.6 is 22.9 Å². The Balaban J connectivity index is 1.50. The van der Waals surface area contributed by atoms with Crippen molar-refractivity contribution >= 4 is 34.8 Å². The first-order valence-electron chi connectivity index (χ1n) is 7.99. The van der Waals surface area contributed by atoms with Crippen LogP contribution in [-0.4, -0.2) is 34.5 Å².